The maximum absolute atomic E-state index is 10.8. The quantitative estimate of drug-likeness (QED) is 0.342. The van der Waals surface area contributed by atoms with Crippen LogP contribution in [0.25, 0.3) is 0 Å². The molecule has 1 rings (SSSR count). The summed E-state index contributed by atoms with van der Waals surface area (Å²) in [5.74, 6) is -1.49. The zero-order chi connectivity index (χ0) is 7.56. The zero-order valence-corrected chi connectivity index (χ0v) is 5.41. The third kappa shape index (κ3) is 1.15. The fourth-order valence-corrected chi connectivity index (χ4v) is 0.800. The van der Waals surface area contributed by atoms with Crippen LogP contribution in [0.15, 0.2) is 12.2 Å². The van der Waals surface area contributed by atoms with Gasteiger partial charge in [0.1, 0.15) is 0 Å². The normalized spacial score (nSPS) is 15.8. The van der Waals surface area contributed by atoms with Crippen LogP contribution >= 0.6 is 0 Å². The van der Waals surface area contributed by atoms with Gasteiger partial charge in [-0.05, 0) is 0 Å². The lowest BCUT2D eigenvalue weighted by molar-refractivity contribution is -0.143. The molecule has 54 valence electrons. The van der Waals surface area contributed by atoms with Gasteiger partial charge in [0.25, 0.3) is 0 Å². The summed E-state index contributed by atoms with van der Waals surface area (Å²) in [7, 11) is 0. The number of carbonyl (C=O) groups is 2. The molecule has 1 heterocycles. The van der Waals surface area contributed by atoms with Gasteiger partial charge in [0.15, 0.2) is 0 Å². The lowest BCUT2D eigenvalue weighted by Gasteiger charge is -2.11. The molecule has 2 amide bonds. The summed E-state index contributed by atoms with van der Waals surface area (Å²) in [5, 5.41) is 0. The van der Waals surface area contributed by atoms with Crippen LogP contribution in [-0.2, 0) is 9.59 Å². The Morgan fingerprint density at radius 2 is 1.80 bits per heavy atom. The highest BCUT2D eigenvalue weighted by Gasteiger charge is 2.18. The number of hydrogen-bond acceptors (Lipinski definition) is 2. The van der Waals surface area contributed by atoms with E-state index < -0.39 is 11.8 Å². The van der Waals surface area contributed by atoms with Gasteiger partial charge in [0.05, 0.1) is 0 Å². The number of amides is 2. The van der Waals surface area contributed by atoms with E-state index in [1.807, 2.05) is 12.2 Å². The maximum Gasteiger partial charge on any atom is 0.312 e. The molecule has 0 aromatic carbocycles. The van der Waals surface area contributed by atoms with E-state index in [1.165, 1.54) is 4.90 Å². The summed E-state index contributed by atoms with van der Waals surface area (Å²) in [6, 6.07) is 0. The van der Waals surface area contributed by atoms with Crippen molar-refractivity contribution in [2.45, 2.75) is 0 Å². The minimum absolute atomic E-state index is 0.502. The number of nitrogens with zero attached hydrogens (tertiary/aromatic N) is 1. The average molecular weight is 140 g/mol. The molecule has 0 radical (unpaired) electrons. The second-order valence-corrected chi connectivity index (χ2v) is 2.05. The van der Waals surface area contributed by atoms with Gasteiger partial charge in [-0.1, -0.05) is 12.2 Å². The Bertz CT molecular complexity index is 190. The Hall–Kier alpha value is -1.32. The fourth-order valence-electron chi connectivity index (χ4n) is 0.800. The highest BCUT2D eigenvalue weighted by molar-refractivity contribution is 6.34. The van der Waals surface area contributed by atoms with Crippen molar-refractivity contribution in [3.8, 4) is 0 Å². The molecule has 0 aromatic heterocycles. The molecular weight excluding hydrogens is 132 g/mol. The predicted molar refractivity (Wildman–Crippen MR) is 34.9 cm³/mol. The molecule has 0 saturated heterocycles. The van der Waals surface area contributed by atoms with Crippen molar-refractivity contribution >= 4 is 11.8 Å². The monoisotopic (exact) mass is 140 g/mol. The molecule has 0 unspecified atom stereocenters. The molecule has 0 spiro atoms. The van der Waals surface area contributed by atoms with Crippen LogP contribution < -0.4 is 5.73 Å². The topological polar surface area (TPSA) is 63.4 Å². The third-order valence-electron chi connectivity index (χ3n) is 1.32. The second-order valence-electron chi connectivity index (χ2n) is 2.05. The number of nitrogens with two attached hydrogens (primary N) is 1. The Kier molecular flexibility index (Phi) is 1.71. The molecule has 0 fully saturated rings. The lowest BCUT2D eigenvalue weighted by Crippen LogP contribution is -2.38. The summed E-state index contributed by atoms with van der Waals surface area (Å²) in [6.45, 7) is 1.00. The molecular formula is C6H8N2O2. The largest absolute Gasteiger partial charge is 0.361 e. The Morgan fingerprint density at radius 1 is 1.30 bits per heavy atom. The summed E-state index contributed by atoms with van der Waals surface area (Å²) >= 11 is 0. The summed E-state index contributed by atoms with van der Waals surface area (Å²) < 4.78 is 0. The standard InChI is InChI=1S/C6H8N2O2/c7-5(9)6(10)8-3-1-2-4-8/h1-2H,3-4H2,(H2,7,9). The van der Waals surface area contributed by atoms with Gasteiger partial charge in [0.2, 0.25) is 0 Å². The van der Waals surface area contributed by atoms with Crippen molar-refractivity contribution in [1.82, 2.24) is 4.90 Å². The Morgan fingerprint density at radius 3 is 2.20 bits per heavy atom. The van der Waals surface area contributed by atoms with Crippen molar-refractivity contribution in [2.24, 2.45) is 5.73 Å². The lowest BCUT2D eigenvalue weighted by atomic mass is 10.5. The van der Waals surface area contributed by atoms with Crippen molar-refractivity contribution < 1.29 is 9.59 Å². The minimum Gasteiger partial charge on any atom is -0.361 e. The summed E-state index contributed by atoms with van der Waals surface area (Å²) in [5.41, 5.74) is 4.76. The summed E-state index contributed by atoms with van der Waals surface area (Å²) in [4.78, 5) is 22.4. The van der Waals surface area contributed by atoms with E-state index in [-0.39, 0.29) is 0 Å². The molecule has 1 aliphatic rings. The van der Waals surface area contributed by atoms with Gasteiger partial charge in [-0.15, -0.1) is 0 Å². The van der Waals surface area contributed by atoms with E-state index in [4.69, 9.17) is 5.73 Å². The third-order valence-corrected chi connectivity index (χ3v) is 1.32. The van der Waals surface area contributed by atoms with Crippen LogP contribution in [0.4, 0.5) is 0 Å². The summed E-state index contributed by atoms with van der Waals surface area (Å²) in [6.07, 6.45) is 3.64. The van der Waals surface area contributed by atoms with Crippen molar-refractivity contribution in [3.05, 3.63) is 12.2 Å². The first-order valence-corrected chi connectivity index (χ1v) is 2.95. The van der Waals surface area contributed by atoms with Crippen LogP contribution in [-0.4, -0.2) is 29.8 Å². The van der Waals surface area contributed by atoms with Crippen molar-refractivity contribution in [2.75, 3.05) is 13.1 Å². The molecule has 2 N–H and O–H groups in total. The fraction of sp³-hybridized carbons (Fsp3) is 0.333. The van der Waals surface area contributed by atoms with Crippen molar-refractivity contribution in [3.63, 3.8) is 0 Å². The van der Waals surface area contributed by atoms with E-state index in [1.54, 1.807) is 0 Å². The molecule has 10 heavy (non-hydrogen) atoms. The Labute approximate surface area is 58.3 Å². The van der Waals surface area contributed by atoms with Gasteiger partial charge in [-0.3, -0.25) is 9.59 Å². The molecule has 0 atom stereocenters. The molecule has 0 bridgehead atoms. The number of carbonyl (C=O) groups excluding carboxylic acids is 2. The first kappa shape index (κ1) is 6.80. The molecule has 4 nitrogen and oxygen atoms in total. The smallest absolute Gasteiger partial charge is 0.312 e. The highest BCUT2D eigenvalue weighted by atomic mass is 16.2. The van der Waals surface area contributed by atoms with E-state index in [0.29, 0.717) is 13.1 Å². The van der Waals surface area contributed by atoms with Crippen molar-refractivity contribution in [1.29, 1.82) is 0 Å². The van der Waals surface area contributed by atoms with Crippen LogP contribution in [0.5, 0.6) is 0 Å². The number of primary amides is 1. The molecule has 0 saturated carbocycles. The van der Waals surface area contributed by atoms with Crippen LogP contribution in [0.2, 0.25) is 0 Å². The van der Waals surface area contributed by atoms with E-state index >= 15 is 0 Å². The van der Waals surface area contributed by atoms with E-state index in [2.05, 4.69) is 0 Å². The SMILES string of the molecule is NC(=O)C(=O)N1CC=CC1. The first-order valence-electron chi connectivity index (χ1n) is 2.95. The van der Waals surface area contributed by atoms with E-state index in [0.717, 1.165) is 0 Å². The number of hydrogen-bond donors (Lipinski definition) is 1. The molecule has 0 aliphatic carbocycles. The van der Waals surface area contributed by atoms with Gasteiger partial charge in [-0.25, -0.2) is 0 Å². The predicted octanol–water partition coefficient (Wildman–Crippen LogP) is -1.13. The van der Waals surface area contributed by atoms with Gasteiger partial charge in [-0.2, -0.15) is 0 Å². The Balaban J connectivity index is 2.50. The minimum atomic E-state index is -0.885. The highest BCUT2D eigenvalue weighted by Crippen LogP contribution is 1.97. The van der Waals surface area contributed by atoms with E-state index in [9.17, 15) is 9.59 Å². The molecule has 4 heteroatoms. The van der Waals surface area contributed by atoms with Gasteiger partial charge < -0.3 is 10.6 Å². The average Bonchev–Trinajstić information content (AvgIpc) is 2.36. The van der Waals surface area contributed by atoms with Gasteiger partial charge in [0, 0.05) is 13.1 Å². The van der Waals surface area contributed by atoms with Crippen LogP contribution in [0.3, 0.4) is 0 Å². The molecule has 1 aliphatic heterocycles. The van der Waals surface area contributed by atoms with Crippen LogP contribution in [0.1, 0.15) is 0 Å². The number of rotatable bonds is 0. The second kappa shape index (κ2) is 2.51. The molecule has 0 aromatic rings. The maximum atomic E-state index is 10.8. The van der Waals surface area contributed by atoms with Crippen LogP contribution in [0, 0.1) is 0 Å². The van der Waals surface area contributed by atoms with Gasteiger partial charge >= 0.3 is 11.8 Å². The zero-order valence-electron chi connectivity index (χ0n) is 5.41. The first-order chi connectivity index (χ1) is 4.72.